The van der Waals surface area contributed by atoms with Crippen molar-refractivity contribution in [1.82, 2.24) is 10.6 Å². The lowest BCUT2D eigenvalue weighted by Crippen LogP contribution is -2.37. The average Bonchev–Trinajstić information content (AvgIpc) is 2.50. The summed E-state index contributed by atoms with van der Waals surface area (Å²) in [6, 6.07) is 8.47. The van der Waals surface area contributed by atoms with Crippen LogP contribution in [-0.2, 0) is 19.1 Å². The average molecular weight is 344 g/mol. The van der Waals surface area contributed by atoms with Gasteiger partial charge in [0.1, 0.15) is 12.2 Å². The number of hydrogen-bond donors (Lipinski definition) is 2. The van der Waals surface area contributed by atoms with Crippen molar-refractivity contribution in [1.29, 1.82) is 0 Å². The Bertz CT molecular complexity index is 627. The molecule has 2 amide bonds. The highest BCUT2D eigenvalue weighted by Gasteiger charge is 2.27. The van der Waals surface area contributed by atoms with Crippen molar-refractivity contribution in [2.45, 2.75) is 13.1 Å². The minimum Gasteiger partial charge on any atom is -0.451 e. The maximum atomic E-state index is 11.9. The molecule has 0 aliphatic heterocycles. The molecule has 9 heteroatoms. The van der Waals surface area contributed by atoms with Gasteiger partial charge in [-0.2, -0.15) is 13.2 Å². The van der Waals surface area contributed by atoms with Gasteiger partial charge in [-0.25, -0.2) is 4.79 Å². The predicted octanol–water partition coefficient (Wildman–Crippen LogP) is 1.39. The molecular formula is C15H15F3N2O4. The molecule has 24 heavy (non-hydrogen) atoms. The van der Waals surface area contributed by atoms with Gasteiger partial charge in [-0.1, -0.05) is 30.3 Å². The summed E-state index contributed by atoms with van der Waals surface area (Å²) in [6.07, 6.45) is -3.24. The number of benzene rings is 1. The monoisotopic (exact) mass is 344 g/mol. The zero-order valence-electron chi connectivity index (χ0n) is 12.6. The molecule has 130 valence electrons. The number of hydrogen-bond acceptors (Lipinski definition) is 4. The van der Waals surface area contributed by atoms with Crippen LogP contribution < -0.4 is 10.6 Å². The maximum absolute atomic E-state index is 11.9. The van der Waals surface area contributed by atoms with E-state index in [2.05, 4.69) is 10.1 Å². The molecule has 0 unspecified atom stereocenters. The van der Waals surface area contributed by atoms with E-state index in [1.165, 1.54) is 13.0 Å². The quantitative estimate of drug-likeness (QED) is 0.603. The molecule has 0 radical (unpaired) electrons. The van der Waals surface area contributed by atoms with Gasteiger partial charge in [0, 0.05) is 6.92 Å². The Morgan fingerprint density at radius 1 is 1.17 bits per heavy atom. The van der Waals surface area contributed by atoms with Crippen molar-refractivity contribution in [2.75, 3.05) is 13.2 Å². The molecule has 1 rings (SSSR count). The van der Waals surface area contributed by atoms with Gasteiger partial charge in [-0.15, -0.1) is 0 Å². The van der Waals surface area contributed by atoms with Crippen LogP contribution in [0.3, 0.4) is 0 Å². The third-order valence-electron chi connectivity index (χ3n) is 2.46. The molecule has 1 aromatic rings. The van der Waals surface area contributed by atoms with Gasteiger partial charge in [-0.05, 0) is 11.6 Å². The molecule has 2 N–H and O–H groups in total. The van der Waals surface area contributed by atoms with Crippen LogP contribution in [0.15, 0.2) is 36.0 Å². The summed E-state index contributed by atoms with van der Waals surface area (Å²) in [4.78, 5) is 34.2. The molecule has 0 fully saturated rings. The van der Waals surface area contributed by atoms with Gasteiger partial charge >= 0.3 is 12.1 Å². The topological polar surface area (TPSA) is 84.5 Å². The van der Waals surface area contributed by atoms with Gasteiger partial charge in [0.2, 0.25) is 5.91 Å². The van der Waals surface area contributed by atoms with E-state index >= 15 is 0 Å². The molecule has 0 saturated heterocycles. The van der Waals surface area contributed by atoms with Gasteiger partial charge in [0.25, 0.3) is 5.91 Å². The van der Waals surface area contributed by atoms with Crippen LogP contribution in [0.4, 0.5) is 13.2 Å². The van der Waals surface area contributed by atoms with Crippen LogP contribution in [0.25, 0.3) is 6.08 Å². The Labute approximate surface area is 135 Å². The summed E-state index contributed by atoms with van der Waals surface area (Å²) in [5.41, 5.74) is 0.344. The molecule has 0 aromatic heterocycles. The minimum atomic E-state index is -4.56. The second kappa shape index (κ2) is 8.70. The van der Waals surface area contributed by atoms with Crippen molar-refractivity contribution >= 4 is 23.9 Å². The SMILES string of the molecule is CC(=O)NC(=Cc1ccccc1)C(=O)OCC(=O)NCC(F)(F)F. The Morgan fingerprint density at radius 3 is 2.33 bits per heavy atom. The fraction of sp³-hybridized carbons (Fsp3) is 0.267. The van der Waals surface area contributed by atoms with Crippen molar-refractivity contribution in [3.8, 4) is 0 Å². The summed E-state index contributed by atoms with van der Waals surface area (Å²) in [5.74, 6) is -2.70. The number of alkyl halides is 3. The van der Waals surface area contributed by atoms with Crippen LogP contribution in [-0.4, -0.2) is 37.1 Å². The van der Waals surface area contributed by atoms with Crippen molar-refractivity contribution < 1.29 is 32.3 Å². The van der Waals surface area contributed by atoms with E-state index in [9.17, 15) is 27.6 Å². The Morgan fingerprint density at radius 2 is 1.79 bits per heavy atom. The van der Waals surface area contributed by atoms with Gasteiger partial charge < -0.3 is 15.4 Å². The summed E-state index contributed by atoms with van der Waals surface area (Å²) in [5, 5.41) is 3.80. The number of carbonyl (C=O) groups excluding carboxylic acids is 3. The first kappa shape index (κ1) is 19.2. The number of amides is 2. The summed E-state index contributed by atoms with van der Waals surface area (Å²) >= 11 is 0. The molecule has 0 atom stereocenters. The fourth-order valence-electron chi connectivity index (χ4n) is 1.51. The summed E-state index contributed by atoms with van der Waals surface area (Å²) in [7, 11) is 0. The zero-order chi connectivity index (χ0) is 18.2. The maximum Gasteiger partial charge on any atom is 0.405 e. The molecule has 0 bridgehead atoms. The lowest BCUT2D eigenvalue weighted by molar-refractivity contribution is -0.149. The van der Waals surface area contributed by atoms with Gasteiger partial charge in [-0.3, -0.25) is 9.59 Å². The third-order valence-corrected chi connectivity index (χ3v) is 2.46. The van der Waals surface area contributed by atoms with Crippen LogP contribution in [0.5, 0.6) is 0 Å². The number of rotatable bonds is 6. The molecule has 0 aliphatic rings. The minimum absolute atomic E-state index is 0.239. The Balaban J connectivity index is 2.67. The van der Waals surface area contributed by atoms with E-state index in [-0.39, 0.29) is 5.70 Å². The Kier molecular flexibility index (Phi) is 6.97. The van der Waals surface area contributed by atoms with Crippen LogP contribution >= 0.6 is 0 Å². The first-order valence-corrected chi connectivity index (χ1v) is 6.72. The smallest absolute Gasteiger partial charge is 0.405 e. The van der Waals surface area contributed by atoms with E-state index in [1.807, 2.05) is 0 Å². The van der Waals surface area contributed by atoms with Crippen molar-refractivity contribution in [2.24, 2.45) is 0 Å². The number of nitrogens with one attached hydrogen (secondary N) is 2. The van der Waals surface area contributed by atoms with Crippen LogP contribution in [0, 0.1) is 0 Å². The standard InChI is InChI=1S/C15H15F3N2O4/c1-10(21)20-12(7-11-5-3-2-4-6-11)14(23)24-8-13(22)19-9-15(16,17)18/h2-7H,8-9H2,1H3,(H,19,22)(H,20,21). The van der Waals surface area contributed by atoms with E-state index in [4.69, 9.17) is 0 Å². The number of carbonyl (C=O) groups is 3. The second-order valence-corrected chi connectivity index (χ2v) is 4.62. The molecule has 0 heterocycles. The highest BCUT2D eigenvalue weighted by Crippen LogP contribution is 2.12. The summed E-state index contributed by atoms with van der Waals surface area (Å²) in [6.45, 7) is -1.26. The van der Waals surface area contributed by atoms with Crippen molar-refractivity contribution in [3.05, 3.63) is 41.6 Å². The molecule has 0 aliphatic carbocycles. The van der Waals surface area contributed by atoms with Crippen LogP contribution in [0.1, 0.15) is 12.5 Å². The molecule has 6 nitrogen and oxygen atoms in total. The molecule has 0 saturated carbocycles. The molecule has 1 aromatic carbocycles. The predicted molar refractivity (Wildman–Crippen MR) is 78.3 cm³/mol. The first-order chi connectivity index (χ1) is 11.2. The molecular weight excluding hydrogens is 329 g/mol. The third kappa shape index (κ3) is 7.97. The van der Waals surface area contributed by atoms with Crippen molar-refractivity contribution in [3.63, 3.8) is 0 Å². The lowest BCUT2D eigenvalue weighted by atomic mass is 10.2. The number of esters is 1. The fourth-order valence-corrected chi connectivity index (χ4v) is 1.51. The largest absolute Gasteiger partial charge is 0.451 e. The normalized spacial score (nSPS) is 11.6. The number of halogens is 3. The highest BCUT2D eigenvalue weighted by atomic mass is 19.4. The number of ether oxygens (including phenoxy) is 1. The van der Waals surface area contributed by atoms with E-state index < -0.39 is 37.1 Å². The Hall–Kier alpha value is -2.84. The molecule has 0 spiro atoms. The summed E-state index contributed by atoms with van der Waals surface area (Å²) < 4.78 is 40.5. The van der Waals surface area contributed by atoms with Gasteiger partial charge in [0.15, 0.2) is 6.61 Å². The highest BCUT2D eigenvalue weighted by molar-refractivity contribution is 5.98. The van der Waals surface area contributed by atoms with Crippen LogP contribution in [0.2, 0.25) is 0 Å². The van der Waals surface area contributed by atoms with Gasteiger partial charge in [0.05, 0.1) is 0 Å². The van der Waals surface area contributed by atoms with E-state index in [0.29, 0.717) is 5.56 Å². The van der Waals surface area contributed by atoms with E-state index in [0.717, 1.165) is 0 Å². The lowest BCUT2D eigenvalue weighted by Gasteiger charge is -2.10. The van der Waals surface area contributed by atoms with E-state index in [1.54, 1.807) is 35.6 Å². The zero-order valence-corrected chi connectivity index (χ0v) is 12.6. The second-order valence-electron chi connectivity index (χ2n) is 4.62. The first-order valence-electron chi connectivity index (χ1n) is 6.72.